The number of ether oxygens (including phenoxy) is 2. The molecule has 0 bridgehead atoms. The van der Waals surface area contributed by atoms with Gasteiger partial charge in [0, 0.05) is 0 Å². The van der Waals surface area contributed by atoms with Gasteiger partial charge in [-0.3, -0.25) is 4.79 Å². The summed E-state index contributed by atoms with van der Waals surface area (Å²) in [6.45, 7) is 3.66. The van der Waals surface area contributed by atoms with Crippen LogP contribution in [0.2, 0.25) is 0 Å². The molecule has 0 unspecified atom stereocenters. The van der Waals surface area contributed by atoms with E-state index in [0.29, 0.717) is 17.2 Å². The standard InChI is InChI=1S/C20H21NO5/c1-13(2)14-8-10-15(11-9-14)19(23)26-12-18(22)21-17-7-5-4-6-16(17)20(24)25-3/h4-11,13H,12H2,1-3H3,(H,21,22). The molecule has 0 heterocycles. The highest BCUT2D eigenvalue weighted by Gasteiger charge is 2.15. The zero-order valence-corrected chi connectivity index (χ0v) is 14.9. The first-order valence-electron chi connectivity index (χ1n) is 8.16. The average molecular weight is 355 g/mol. The van der Waals surface area contributed by atoms with Gasteiger partial charge >= 0.3 is 11.9 Å². The zero-order valence-electron chi connectivity index (χ0n) is 14.9. The molecule has 2 aromatic rings. The van der Waals surface area contributed by atoms with E-state index in [-0.39, 0.29) is 5.56 Å². The van der Waals surface area contributed by atoms with Crippen molar-refractivity contribution in [2.75, 3.05) is 19.0 Å². The van der Waals surface area contributed by atoms with Crippen LogP contribution >= 0.6 is 0 Å². The number of methoxy groups -OCH3 is 1. The fourth-order valence-electron chi connectivity index (χ4n) is 2.28. The normalized spacial score (nSPS) is 10.3. The molecule has 0 saturated carbocycles. The Morgan fingerprint density at radius 2 is 1.62 bits per heavy atom. The van der Waals surface area contributed by atoms with Crippen molar-refractivity contribution in [3.63, 3.8) is 0 Å². The molecule has 6 nitrogen and oxygen atoms in total. The Labute approximate surface area is 152 Å². The highest BCUT2D eigenvalue weighted by atomic mass is 16.5. The third kappa shape index (κ3) is 4.92. The van der Waals surface area contributed by atoms with Crippen LogP contribution in [0.25, 0.3) is 0 Å². The van der Waals surface area contributed by atoms with Crippen LogP contribution in [0.1, 0.15) is 46.0 Å². The quantitative estimate of drug-likeness (QED) is 0.803. The Morgan fingerprint density at radius 3 is 2.23 bits per heavy atom. The van der Waals surface area contributed by atoms with Gasteiger partial charge in [-0.25, -0.2) is 9.59 Å². The molecule has 2 aromatic carbocycles. The van der Waals surface area contributed by atoms with Crippen molar-refractivity contribution in [1.82, 2.24) is 0 Å². The van der Waals surface area contributed by atoms with Crippen LogP contribution in [-0.4, -0.2) is 31.6 Å². The van der Waals surface area contributed by atoms with E-state index in [2.05, 4.69) is 23.9 Å². The lowest BCUT2D eigenvalue weighted by Crippen LogP contribution is -2.22. The first-order chi connectivity index (χ1) is 12.4. The number of carbonyl (C=O) groups excluding carboxylic acids is 3. The molecule has 0 aromatic heterocycles. The predicted molar refractivity (Wildman–Crippen MR) is 97.2 cm³/mol. The second kappa shape index (κ2) is 8.80. The van der Waals surface area contributed by atoms with Crippen molar-refractivity contribution in [2.24, 2.45) is 0 Å². The minimum atomic E-state index is -0.586. The van der Waals surface area contributed by atoms with Crippen LogP contribution in [0.4, 0.5) is 5.69 Å². The third-order valence-corrected chi connectivity index (χ3v) is 3.75. The molecule has 0 aliphatic carbocycles. The van der Waals surface area contributed by atoms with Crippen LogP contribution in [0, 0.1) is 0 Å². The molecule has 1 amide bonds. The van der Waals surface area contributed by atoms with Crippen molar-refractivity contribution < 1.29 is 23.9 Å². The Kier molecular flexibility index (Phi) is 6.49. The summed E-state index contributed by atoms with van der Waals surface area (Å²) in [5.41, 5.74) is 2.00. The monoisotopic (exact) mass is 355 g/mol. The summed E-state index contributed by atoms with van der Waals surface area (Å²) >= 11 is 0. The van der Waals surface area contributed by atoms with Gasteiger partial charge in [-0.05, 0) is 35.7 Å². The number of rotatable bonds is 6. The fourth-order valence-corrected chi connectivity index (χ4v) is 2.28. The van der Waals surface area contributed by atoms with Gasteiger partial charge < -0.3 is 14.8 Å². The van der Waals surface area contributed by atoms with Crippen LogP contribution in [0.15, 0.2) is 48.5 Å². The van der Waals surface area contributed by atoms with E-state index in [9.17, 15) is 14.4 Å². The lowest BCUT2D eigenvalue weighted by Gasteiger charge is -2.10. The van der Waals surface area contributed by atoms with Gasteiger partial charge in [0.2, 0.25) is 0 Å². The van der Waals surface area contributed by atoms with E-state index in [4.69, 9.17) is 4.74 Å². The maximum atomic E-state index is 12.0. The summed E-state index contributed by atoms with van der Waals surface area (Å²) < 4.78 is 9.69. The van der Waals surface area contributed by atoms with E-state index in [1.165, 1.54) is 13.2 Å². The molecule has 6 heteroatoms. The molecule has 0 radical (unpaired) electrons. The second-order valence-electron chi connectivity index (χ2n) is 5.94. The van der Waals surface area contributed by atoms with Crippen molar-refractivity contribution in [3.05, 3.63) is 65.2 Å². The number of amides is 1. The van der Waals surface area contributed by atoms with Gasteiger partial charge in [-0.15, -0.1) is 0 Å². The highest BCUT2D eigenvalue weighted by Crippen LogP contribution is 2.17. The second-order valence-corrected chi connectivity index (χ2v) is 5.94. The molecule has 0 spiro atoms. The van der Waals surface area contributed by atoms with E-state index in [1.807, 2.05) is 12.1 Å². The molecular formula is C20H21NO5. The summed E-state index contributed by atoms with van der Waals surface area (Å²) in [4.78, 5) is 35.7. The Bertz CT molecular complexity index is 796. The van der Waals surface area contributed by atoms with E-state index < -0.39 is 24.5 Å². The van der Waals surface area contributed by atoms with Crippen LogP contribution in [-0.2, 0) is 14.3 Å². The van der Waals surface area contributed by atoms with Crippen molar-refractivity contribution in [2.45, 2.75) is 19.8 Å². The molecule has 0 aliphatic heterocycles. The highest BCUT2D eigenvalue weighted by molar-refractivity contribution is 6.02. The van der Waals surface area contributed by atoms with Gasteiger partial charge in [-0.2, -0.15) is 0 Å². The Hall–Kier alpha value is -3.15. The van der Waals surface area contributed by atoms with Gasteiger partial charge in [0.05, 0.1) is 23.9 Å². The number of nitrogens with one attached hydrogen (secondary N) is 1. The fraction of sp³-hybridized carbons (Fsp3) is 0.250. The summed E-state index contributed by atoms with van der Waals surface area (Å²) in [6, 6.07) is 13.5. The lowest BCUT2D eigenvalue weighted by atomic mass is 10.0. The van der Waals surface area contributed by atoms with Gasteiger partial charge in [0.25, 0.3) is 5.91 Å². The van der Waals surface area contributed by atoms with E-state index in [0.717, 1.165) is 5.56 Å². The maximum absolute atomic E-state index is 12.0. The van der Waals surface area contributed by atoms with Gasteiger partial charge in [-0.1, -0.05) is 38.1 Å². The number of para-hydroxylation sites is 1. The summed E-state index contributed by atoms with van der Waals surface area (Å²) in [5, 5.41) is 2.54. The van der Waals surface area contributed by atoms with Crippen molar-refractivity contribution >= 4 is 23.5 Å². The SMILES string of the molecule is COC(=O)c1ccccc1NC(=O)COC(=O)c1ccc(C(C)C)cc1. The number of benzene rings is 2. The third-order valence-electron chi connectivity index (χ3n) is 3.75. The first-order valence-corrected chi connectivity index (χ1v) is 8.16. The first kappa shape index (κ1) is 19.2. The maximum Gasteiger partial charge on any atom is 0.339 e. The number of hydrogen-bond donors (Lipinski definition) is 1. The summed E-state index contributed by atoms with van der Waals surface area (Å²) in [6.07, 6.45) is 0. The smallest absolute Gasteiger partial charge is 0.339 e. The summed E-state index contributed by atoms with van der Waals surface area (Å²) in [7, 11) is 1.26. The molecular weight excluding hydrogens is 334 g/mol. The molecule has 2 rings (SSSR count). The molecule has 26 heavy (non-hydrogen) atoms. The number of esters is 2. The van der Waals surface area contributed by atoms with Crippen LogP contribution in [0.5, 0.6) is 0 Å². The number of hydrogen-bond acceptors (Lipinski definition) is 5. The number of carbonyl (C=O) groups is 3. The van der Waals surface area contributed by atoms with Crippen LogP contribution in [0.3, 0.4) is 0 Å². The molecule has 136 valence electrons. The molecule has 1 N–H and O–H groups in total. The molecule has 0 aliphatic rings. The predicted octanol–water partition coefficient (Wildman–Crippen LogP) is 3.39. The molecule has 0 atom stereocenters. The largest absolute Gasteiger partial charge is 0.465 e. The van der Waals surface area contributed by atoms with E-state index in [1.54, 1.807) is 30.3 Å². The minimum absolute atomic E-state index is 0.221. The minimum Gasteiger partial charge on any atom is -0.465 e. The topological polar surface area (TPSA) is 81.7 Å². The zero-order chi connectivity index (χ0) is 19.1. The van der Waals surface area contributed by atoms with Gasteiger partial charge in [0.15, 0.2) is 6.61 Å². The van der Waals surface area contributed by atoms with Crippen LogP contribution < -0.4 is 5.32 Å². The van der Waals surface area contributed by atoms with Crippen molar-refractivity contribution in [3.8, 4) is 0 Å². The molecule has 0 saturated heterocycles. The van der Waals surface area contributed by atoms with Crippen molar-refractivity contribution in [1.29, 1.82) is 0 Å². The Morgan fingerprint density at radius 1 is 0.962 bits per heavy atom. The average Bonchev–Trinajstić information content (AvgIpc) is 2.66. The lowest BCUT2D eigenvalue weighted by molar-refractivity contribution is -0.119. The summed E-state index contributed by atoms with van der Waals surface area (Å²) in [5.74, 6) is -1.34. The van der Waals surface area contributed by atoms with E-state index >= 15 is 0 Å². The number of anilines is 1. The Balaban J connectivity index is 1.95. The van der Waals surface area contributed by atoms with Gasteiger partial charge in [0.1, 0.15) is 0 Å². The molecule has 0 fully saturated rings.